The van der Waals surface area contributed by atoms with E-state index < -0.39 is 0 Å². The fraction of sp³-hybridized carbons (Fsp3) is 0.538. The summed E-state index contributed by atoms with van der Waals surface area (Å²) in [5, 5.41) is 13.4. The third-order valence-corrected chi connectivity index (χ3v) is 2.99. The smallest absolute Gasteiger partial charge is 0.162 e. The maximum atomic E-state index is 10.1. The van der Waals surface area contributed by atoms with Crippen LogP contribution in [-0.4, -0.2) is 42.8 Å². The van der Waals surface area contributed by atoms with Crippen LogP contribution in [0.25, 0.3) is 0 Å². The van der Waals surface area contributed by atoms with Crippen molar-refractivity contribution in [3.63, 3.8) is 0 Å². The summed E-state index contributed by atoms with van der Waals surface area (Å²) in [6, 6.07) is 5.70. The zero-order valence-corrected chi connectivity index (χ0v) is 10.3. The number of hydrogen-bond donors (Lipinski definition) is 2. The van der Waals surface area contributed by atoms with Gasteiger partial charge in [-0.05, 0) is 13.0 Å². The molecule has 0 aliphatic carbocycles. The van der Waals surface area contributed by atoms with E-state index in [-0.39, 0.29) is 5.75 Å². The Hall–Kier alpha value is -1.26. The van der Waals surface area contributed by atoms with Crippen LogP contribution in [-0.2, 0) is 6.54 Å². The lowest BCUT2D eigenvalue weighted by molar-refractivity contribution is 0.229. The van der Waals surface area contributed by atoms with Gasteiger partial charge >= 0.3 is 0 Å². The second-order valence-corrected chi connectivity index (χ2v) is 4.22. The molecular weight excluding hydrogens is 216 g/mol. The van der Waals surface area contributed by atoms with Crippen LogP contribution >= 0.6 is 0 Å². The molecule has 0 amide bonds. The number of piperazine rings is 1. The SMILES string of the molecule is CCOc1cccc(CN2CCNCC2)c1O. The van der Waals surface area contributed by atoms with Gasteiger partial charge in [0.1, 0.15) is 0 Å². The Kier molecular flexibility index (Phi) is 4.23. The van der Waals surface area contributed by atoms with Gasteiger partial charge in [-0.15, -0.1) is 0 Å². The minimum atomic E-state index is 0.285. The molecular formula is C13H20N2O2. The average Bonchev–Trinajstić information content (AvgIpc) is 2.36. The third kappa shape index (κ3) is 3.11. The van der Waals surface area contributed by atoms with Crippen molar-refractivity contribution in [3.05, 3.63) is 23.8 Å². The number of benzene rings is 1. The summed E-state index contributed by atoms with van der Waals surface area (Å²) in [6.07, 6.45) is 0. The van der Waals surface area contributed by atoms with E-state index in [1.54, 1.807) is 6.07 Å². The van der Waals surface area contributed by atoms with Crippen molar-refractivity contribution < 1.29 is 9.84 Å². The molecule has 1 aromatic carbocycles. The zero-order valence-electron chi connectivity index (χ0n) is 10.3. The van der Waals surface area contributed by atoms with Gasteiger partial charge in [0.05, 0.1) is 6.61 Å². The number of rotatable bonds is 4. The van der Waals surface area contributed by atoms with Crippen molar-refractivity contribution in [2.45, 2.75) is 13.5 Å². The lowest BCUT2D eigenvalue weighted by Crippen LogP contribution is -2.42. The lowest BCUT2D eigenvalue weighted by Gasteiger charge is -2.27. The summed E-state index contributed by atoms with van der Waals surface area (Å²) in [7, 11) is 0. The van der Waals surface area contributed by atoms with Crippen molar-refractivity contribution in [3.8, 4) is 11.5 Å². The van der Waals surface area contributed by atoms with Gasteiger partial charge in [-0.2, -0.15) is 0 Å². The summed E-state index contributed by atoms with van der Waals surface area (Å²) in [5.41, 5.74) is 0.942. The van der Waals surface area contributed by atoms with Crippen LogP contribution in [0, 0.1) is 0 Å². The first-order chi connectivity index (χ1) is 8.31. The van der Waals surface area contributed by atoms with Gasteiger partial charge in [0.25, 0.3) is 0 Å². The summed E-state index contributed by atoms with van der Waals surface area (Å²) in [5.74, 6) is 0.869. The standard InChI is InChI=1S/C13H20N2O2/c1-2-17-12-5-3-4-11(13(12)16)10-15-8-6-14-7-9-15/h3-5,14,16H,2,6-10H2,1H3. The Morgan fingerprint density at radius 1 is 1.35 bits per heavy atom. The van der Waals surface area contributed by atoms with Crippen molar-refractivity contribution in [1.29, 1.82) is 0 Å². The molecule has 2 rings (SSSR count). The normalized spacial score (nSPS) is 17.0. The minimum Gasteiger partial charge on any atom is -0.504 e. The van der Waals surface area contributed by atoms with Crippen LogP contribution in [0.1, 0.15) is 12.5 Å². The van der Waals surface area contributed by atoms with E-state index in [9.17, 15) is 5.11 Å². The molecule has 0 atom stereocenters. The molecule has 0 unspecified atom stereocenters. The fourth-order valence-corrected chi connectivity index (χ4v) is 2.08. The number of ether oxygens (including phenoxy) is 1. The monoisotopic (exact) mass is 236 g/mol. The summed E-state index contributed by atoms with van der Waals surface area (Å²) in [4.78, 5) is 2.33. The van der Waals surface area contributed by atoms with Crippen LogP contribution < -0.4 is 10.1 Å². The molecule has 1 saturated heterocycles. The molecule has 4 heteroatoms. The van der Waals surface area contributed by atoms with E-state index in [1.165, 1.54) is 0 Å². The van der Waals surface area contributed by atoms with Crippen molar-refractivity contribution in [1.82, 2.24) is 10.2 Å². The first kappa shape index (κ1) is 12.2. The highest BCUT2D eigenvalue weighted by Crippen LogP contribution is 2.30. The fourth-order valence-electron chi connectivity index (χ4n) is 2.08. The van der Waals surface area contributed by atoms with Gasteiger partial charge in [-0.25, -0.2) is 0 Å². The Morgan fingerprint density at radius 3 is 2.82 bits per heavy atom. The third-order valence-electron chi connectivity index (χ3n) is 2.99. The number of hydrogen-bond acceptors (Lipinski definition) is 4. The van der Waals surface area contributed by atoms with Crippen LogP contribution in [0.2, 0.25) is 0 Å². The number of nitrogens with one attached hydrogen (secondary N) is 1. The van der Waals surface area contributed by atoms with Gasteiger partial charge < -0.3 is 15.2 Å². The molecule has 0 radical (unpaired) electrons. The second-order valence-electron chi connectivity index (χ2n) is 4.22. The molecule has 2 N–H and O–H groups in total. The molecule has 0 spiro atoms. The number of para-hydroxylation sites is 1. The molecule has 4 nitrogen and oxygen atoms in total. The highest BCUT2D eigenvalue weighted by atomic mass is 16.5. The van der Waals surface area contributed by atoms with E-state index in [0.29, 0.717) is 12.4 Å². The lowest BCUT2D eigenvalue weighted by atomic mass is 10.1. The first-order valence-electron chi connectivity index (χ1n) is 6.18. The molecule has 1 heterocycles. The van der Waals surface area contributed by atoms with Crippen molar-refractivity contribution in [2.24, 2.45) is 0 Å². The maximum Gasteiger partial charge on any atom is 0.162 e. The quantitative estimate of drug-likeness (QED) is 0.824. The minimum absolute atomic E-state index is 0.285. The first-order valence-corrected chi connectivity index (χ1v) is 6.18. The highest BCUT2D eigenvalue weighted by Gasteiger charge is 2.14. The Bertz CT molecular complexity index is 362. The van der Waals surface area contributed by atoms with E-state index in [4.69, 9.17) is 4.74 Å². The zero-order chi connectivity index (χ0) is 12.1. The predicted molar refractivity (Wildman–Crippen MR) is 67.4 cm³/mol. The van der Waals surface area contributed by atoms with Crippen LogP contribution in [0.5, 0.6) is 11.5 Å². The summed E-state index contributed by atoms with van der Waals surface area (Å²) >= 11 is 0. The van der Waals surface area contributed by atoms with Crippen LogP contribution in [0.15, 0.2) is 18.2 Å². The molecule has 0 aromatic heterocycles. The van der Waals surface area contributed by atoms with Crippen LogP contribution in [0.4, 0.5) is 0 Å². The largest absolute Gasteiger partial charge is 0.504 e. The molecule has 0 bridgehead atoms. The Morgan fingerprint density at radius 2 is 2.12 bits per heavy atom. The Labute approximate surface area is 102 Å². The number of phenolic OH excluding ortho intramolecular Hbond substituents is 1. The molecule has 1 aliphatic rings. The topological polar surface area (TPSA) is 44.7 Å². The van der Waals surface area contributed by atoms with Gasteiger partial charge in [0, 0.05) is 38.3 Å². The second kappa shape index (κ2) is 5.89. The van der Waals surface area contributed by atoms with Crippen molar-refractivity contribution >= 4 is 0 Å². The van der Waals surface area contributed by atoms with Crippen molar-refractivity contribution in [2.75, 3.05) is 32.8 Å². The molecule has 1 aromatic rings. The average molecular weight is 236 g/mol. The molecule has 17 heavy (non-hydrogen) atoms. The molecule has 1 aliphatic heterocycles. The van der Waals surface area contributed by atoms with Gasteiger partial charge in [-0.1, -0.05) is 12.1 Å². The van der Waals surface area contributed by atoms with Gasteiger partial charge in [0.15, 0.2) is 11.5 Å². The molecule has 94 valence electrons. The van der Waals surface area contributed by atoms with E-state index in [1.807, 2.05) is 19.1 Å². The van der Waals surface area contributed by atoms with E-state index in [2.05, 4.69) is 10.2 Å². The number of nitrogens with zero attached hydrogens (tertiary/aromatic N) is 1. The molecule has 0 saturated carbocycles. The highest BCUT2D eigenvalue weighted by molar-refractivity contribution is 5.45. The summed E-state index contributed by atoms with van der Waals surface area (Å²) in [6.45, 7) is 7.37. The van der Waals surface area contributed by atoms with Crippen LogP contribution in [0.3, 0.4) is 0 Å². The predicted octanol–water partition coefficient (Wildman–Crippen LogP) is 1.20. The Balaban J connectivity index is 2.06. The number of aromatic hydroxyl groups is 1. The maximum absolute atomic E-state index is 10.1. The van der Waals surface area contributed by atoms with Gasteiger partial charge in [-0.3, -0.25) is 4.90 Å². The molecule has 1 fully saturated rings. The number of phenols is 1. The van der Waals surface area contributed by atoms with Gasteiger partial charge in [0.2, 0.25) is 0 Å². The van der Waals surface area contributed by atoms with E-state index >= 15 is 0 Å². The van der Waals surface area contributed by atoms with E-state index in [0.717, 1.165) is 38.3 Å². The summed E-state index contributed by atoms with van der Waals surface area (Å²) < 4.78 is 5.39.